The zero-order valence-electron chi connectivity index (χ0n) is 8.56. The predicted octanol–water partition coefficient (Wildman–Crippen LogP) is 2.01. The van der Waals surface area contributed by atoms with Crippen molar-refractivity contribution in [3.63, 3.8) is 0 Å². The van der Waals surface area contributed by atoms with Gasteiger partial charge in [-0.25, -0.2) is 17.2 Å². The van der Waals surface area contributed by atoms with Gasteiger partial charge >= 0.3 is 0 Å². The monoisotopic (exact) mass is 303 g/mol. The van der Waals surface area contributed by atoms with E-state index in [-0.39, 0.29) is 9.77 Å². The minimum atomic E-state index is -3.89. The highest BCUT2D eigenvalue weighted by Gasteiger charge is 2.20. The number of hydrogen-bond donors (Lipinski definition) is 0. The van der Waals surface area contributed by atoms with Gasteiger partial charge in [-0.1, -0.05) is 0 Å². The zero-order valence-corrected chi connectivity index (χ0v) is 11.0. The lowest BCUT2D eigenvalue weighted by atomic mass is 10.3. The molecule has 0 fully saturated rings. The second kappa shape index (κ2) is 5.28. The molecule has 0 N–H and O–H groups in total. The van der Waals surface area contributed by atoms with Crippen LogP contribution in [0.2, 0.25) is 0 Å². The fraction of sp³-hybridized carbons (Fsp3) is 0.375. The smallest absolute Gasteiger partial charge is 0.270 e. The molecular formula is C8H8ClF2NO3S2. The van der Waals surface area contributed by atoms with Crippen LogP contribution in [0.3, 0.4) is 0 Å². The SMILES string of the molecule is CN(CC(F)F)C(=O)c1csc(S(=O)(=O)Cl)c1. The summed E-state index contributed by atoms with van der Waals surface area (Å²) in [5, 5.41) is 1.26. The first-order valence-corrected chi connectivity index (χ1v) is 7.47. The molecule has 1 rings (SSSR count). The summed E-state index contributed by atoms with van der Waals surface area (Å²) in [4.78, 5) is 12.4. The number of amides is 1. The number of thiophene rings is 1. The van der Waals surface area contributed by atoms with Crippen molar-refractivity contribution >= 4 is 37.0 Å². The van der Waals surface area contributed by atoms with Gasteiger partial charge in [0.05, 0.1) is 12.1 Å². The fourth-order valence-corrected chi connectivity index (χ4v) is 3.01. The van der Waals surface area contributed by atoms with Gasteiger partial charge < -0.3 is 4.90 Å². The summed E-state index contributed by atoms with van der Waals surface area (Å²) in [5.41, 5.74) is 0.0253. The Hall–Kier alpha value is -0.730. The van der Waals surface area contributed by atoms with Crippen molar-refractivity contribution in [2.75, 3.05) is 13.6 Å². The highest BCUT2D eigenvalue weighted by molar-refractivity contribution is 8.15. The minimum Gasteiger partial charge on any atom is -0.336 e. The Morgan fingerprint density at radius 3 is 2.59 bits per heavy atom. The first-order valence-electron chi connectivity index (χ1n) is 4.28. The molecule has 0 aliphatic carbocycles. The van der Waals surface area contributed by atoms with Crippen molar-refractivity contribution in [2.45, 2.75) is 10.6 Å². The fourth-order valence-electron chi connectivity index (χ4n) is 1.07. The molecule has 4 nitrogen and oxygen atoms in total. The summed E-state index contributed by atoms with van der Waals surface area (Å²) in [6, 6.07) is 1.07. The Morgan fingerprint density at radius 2 is 2.18 bits per heavy atom. The van der Waals surface area contributed by atoms with E-state index in [0.717, 1.165) is 22.3 Å². The number of nitrogens with zero attached hydrogens (tertiary/aromatic N) is 1. The Labute approximate surface area is 105 Å². The maximum absolute atomic E-state index is 12.0. The van der Waals surface area contributed by atoms with Crippen LogP contribution in [0.1, 0.15) is 10.4 Å². The maximum atomic E-state index is 12.0. The number of halogens is 3. The van der Waals surface area contributed by atoms with Crippen LogP contribution in [0.15, 0.2) is 15.7 Å². The normalized spacial score (nSPS) is 11.8. The molecule has 96 valence electrons. The second-order valence-electron chi connectivity index (χ2n) is 3.17. The van der Waals surface area contributed by atoms with Crippen molar-refractivity contribution in [3.05, 3.63) is 17.0 Å². The van der Waals surface area contributed by atoms with E-state index in [1.165, 1.54) is 12.4 Å². The van der Waals surface area contributed by atoms with Crippen LogP contribution in [0.25, 0.3) is 0 Å². The van der Waals surface area contributed by atoms with Gasteiger partial charge in [-0.05, 0) is 6.07 Å². The summed E-state index contributed by atoms with van der Waals surface area (Å²) in [6.07, 6.45) is -2.64. The van der Waals surface area contributed by atoms with E-state index >= 15 is 0 Å². The van der Waals surface area contributed by atoms with Gasteiger partial charge in [0.2, 0.25) is 0 Å². The molecule has 0 unspecified atom stereocenters. The Balaban J connectivity index is 2.88. The molecule has 0 atom stereocenters. The lowest BCUT2D eigenvalue weighted by Gasteiger charge is -2.15. The molecule has 0 bridgehead atoms. The molecule has 0 saturated heterocycles. The van der Waals surface area contributed by atoms with E-state index in [0.29, 0.717) is 0 Å². The van der Waals surface area contributed by atoms with E-state index in [9.17, 15) is 22.0 Å². The third kappa shape index (κ3) is 3.90. The van der Waals surface area contributed by atoms with Gasteiger partial charge in [-0.2, -0.15) is 0 Å². The van der Waals surface area contributed by atoms with Gasteiger partial charge in [-0.15, -0.1) is 11.3 Å². The summed E-state index contributed by atoms with van der Waals surface area (Å²) in [6.45, 7) is -0.711. The van der Waals surface area contributed by atoms with Gasteiger partial charge in [0.15, 0.2) is 0 Å². The first kappa shape index (κ1) is 14.3. The van der Waals surface area contributed by atoms with Crippen molar-refractivity contribution in [1.29, 1.82) is 0 Å². The number of hydrogen-bond acceptors (Lipinski definition) is 4. The van der Waals surface area contributed by atoms with Crippen LogP contribution < -0.4 is 0 Å². The molecule has 1 amide bonds. The third-order valence-corrected chi connectivity index (χ3v) is 4.86. The quantitative estimate of drug-likeness (QED) is 0.800. The van der Waals surface area contributed by atoms with E-state index in [1.54, 1.807) is 0 Å². The Morgan fingerprint density at radius 1 is 1.59 bits per heavy atom. The van der Waals surface area contributed by atoms with Crippen LogP contribution in [0.4, 0.5) is 8.78 Å². The molecule has 0 aliphatic heterocycles. The number of alkyl halides is 2. The average Bonchev–Trinajstić information content (AvgIpc) is 2.63. The molecule has 0 radical (unpaired) electrons. The molecule has 1 heterocycles. The van der Waals surface area contributed by atoms with Gasteiger partial charge in [0.25, 0.3) is 21.4 Å². The van der Waals surface area contributed by atoms with Gasteiger partial charge in [-0.3, -0.25) is 4.79 Å². The van der Waals surface area contributed by atoms with Gasteiger partial charge in [0.1, 0.15) is 4.21 Å². The predicted molar refractivity (Wildman–Crippen MR) is 60.3 cm³/mol. The zero-order chi connectivity index (χ0) is 13.2. The van der Waals surface area contributed by atoms with Crippen LogP contribution in [-0.2, 0) is 9.05 Å². The molecule has 0 saturated carbocycles. The van der Waals surface area contributed by atoms with E-state index in [2.05, 4.69) is 0 Å². The molecule has 17 heavy (non-hydrogen) atoms. The van der Waals surface area contributed by atoms with Crippen molar-refractivity contribution in [1.82, 2.24) is 4.90 Å². The van der Waals surface area contributed by atoms with Gasteiger partial charge in [0, 0.05) is 23.1 Å². The average molecular weight is 304 g/mol. The van der Waals surface area contributed by atoms with Crippen LogP contribution in [0.5, 0.6) is 0 Å². The molecule has 0 aliphatic rings. The van der Waals surface area contributed by atoms with E-state index in [1.807, 2.05) is 0 Å². The second-order valence-corrected chi connectivity index (χ2v) is 6.87. The minimum absolute atomic E-state index is 0.0253. The number of carbonyl (C=O) groups excluding carboxylic acids is 1. The Kier molecular flexibility index (Phi) is 4.45. The van der Waals surface area contributed by atoms with Crippen molar-refractivity contribution in [3.8, 4) is 0 Å². The van der Waals surface area contributed by atoms with E-state index in [4.69, 9.17) is 10.7 Å². The number of carbonyl (C=O) groups is 1. The first-order chi connectivity index (χ1) is 7.71. The largest absolute Gasteiger partial charge is 0.336 e. The van der Waals surface area contributed by atoms with Crippen molar-refractivity contribution < 1.29 is 22.0 Å². The standard InChI is InChI=1S/C8H8ClF2NO3S2/c1-12(3-6(10)11)8(13)5-2-7(16-4-5)17(9,14)15/h2,4,6H,3H2,1H3. The lowest BCUT2D eigenvalue weighted by Crippen LogP contribution is -2.30. The number of rotatable bonds is 4. The summed E-state index contributed by atoms with van der Waals surface area (Å²) < 4.78 is 45.8. The van der Waals surface area contributed by atoms with E-state index < -0.39 is 27.9 Å². The van der Waals surface area contributed by atoms with Crippen molar-refractivity contribution in [2.24, 2.45) is 0 Å². The van der Waals surface area contributed by atoms with Crippen LogP contribution >= 0.6 is 22.0 Å². The Bertz CT molecular complexity index is 515. The topological polar surface area (TPSA) is 54.5 Å². The summed E-state index contributed by atoms with van der Waals surface area (Å²) >= 11 is 0.766. The molecular weight excluding hydrogens is 296 g/mol. The summed E-state index contributed by atoms with van der Waals surface area (Å²) in [5.74, 6) is -0.673. The third-order valence-electron chi connectivity index (χ3n) is 1.82. The summed E-state index contributed by atoms with van der Waals surface area (Å²) in [7, 11) is 2.40. The molecule has 1 aromatic heterocycles. The molecule has 1 aromatic rings. The molecule has 0 spiro atoms. The van der Waals surface area contributed by atoms with Crippen LogP contribution in [-0.4, -0.2) is 39.2 Å². The molecule has 9 heteroatoms. The molecule has 0 aromatic carbocycles. The highest BCUT2D eigenvalue weighted by atomic mass is 35.7. The highest BCUT2D eigenvalue weighted by Crippen LogP contribution is 2.24. The maximum Gasteiger partial charge on any atom is 0.270 e. The van der Waals surface area contributed by atoms with Crippen LogP contribution in [0, 0.1) is 0 Å². The lowest BCUT2D eigenvalue weighted by molar-refractivity contribution is 0.0620.